The van der Waals surface area contributed by atoms with E-state index in [1.165, 1.54) is 0 Å². The minimum absolute atomic E-state index is 0.0989. The van der Waals surface area contributed by atoms with E-state index in [0.717, 1.165) is 30.5 Å². The van der Waals surface area contributed by atoms with Crippen LogP contribution in [0.4, 0.5) is 5.69 Å². The molecule has 6 nitrogen and oxygen atoms in total. The lowest BCUT2D eigenvalue weighted by Crippen LogP contribution is -2.60. The Hall–Kier alpha value is -2.99. The number of para-hydroxylation sites is 1. The first-order valence-corrected chi connectivity index (χ1v) is 10.8. The quantitative estimate of drug-likeness (QED) is 0.344. The number of fused-ring (bicyclic) bond motifs is 2. The Morgan fingerprint density at radius 3 is 2.55 bits per heavy atom. The van der Waals surface area contributed by atoms with Gasteiger partial charge in [-0.05, 0) is 43.9 Å². The van der Waals surface area contributed by atoms with Crippen LogP contribution >= 0.6 is 0 Å². The van der Waals surface area contributed by atoms with Gasteiger partial charge in [0.15, 0.2) is 5.78 Å². The molecule has 1 aliphatic heterocycles. The summed E-state index contributed by atoms with van der Waals surface area (Å²) in [6.07, 6.45) is 3.41. The lowest BCUT2D eigenvalue weighted by atomic mass is 9.64. The molecule has 1 aliphatic carbocycles. The molecule has 0 spiro atoms. The monoisotopic (exact) mass is 420 g/mol. The summed E-state index contributed by atoms with van der Waals surface area (Å²) >= 11 is 0. The lowest BCUT2D eigenvalue weighted by Gasteiger charge is -2.47. The van der Waals surface area contributed by atoms with Crippen molar-refractivity contribution in [2.75, 3.05) is 12.4 Å². The van der Waals surface area contributed by atoms with E-state index in [9.17, 15) is 19.5 Å². The second-order valence-electron chi connectivity index (χ2n) is 8.61. The molecule has 4 rings (SSSR count). The van der Waals surface area contributed by atoms with E-state index in [-0.39, 0.29) is 30.1 Å². The Bertz CT molecular complexity index is 976. The van der Waals surface area contributed by atoms with Gasteiger partial charge in [0.25, 0.3) is 0 Å². The van der Waals surface area contributed by atoms with Gasteiger partial charge in [-0.15, -0.1) is 0 Å². The Balaban J connectivity index is 1.78. The number of hydrogen-bond acceptors (Lipinski definition) is 5. The molecule has 5 unspecified atom stereocenters. The maximum Gasteiger partial charge on any atom is 0.324 e. The van der Waals surface area contributed by atoms with Crippen molar-refractivity contribution in [3.63, 3.8) is 0 Å². The lowest BCUT2D eigenvalue weighted by molar-refractivity contribution is -0.147. The van der Waals surface area contributed by atoms with E-state index in [1.54, 1.807) is 37.4 Å². The smallest absolute Gasteiger partial charge is 0.324 e. The largest absolute Gasteiger partial charge is 0.480 e. The van der Waals surface area contributed by atoms with E-state index in [1.807, 2.05) is 24.3 Å². The third kappa shape index (κ3) is 3.65. The fourth-order valence-corrected chi connectivity index (χ4v) is 5.61. The summed E-state index contributed by atoms with van der Waals surface area (Å²) in [4.78, 5) is 38.0. The maximum atomic E-state index is 13.1. The third-order valence-corrected chi connectivity index (χ3v) is 7.09. The zero-order valence-corrected chi connectivity index (χ0v) is 17.6. The summed E-state index contributed by atoms with van der Waals surface area (Å²) in [6.45, 7) is 0. The fraction of sp³-hybridized carbons (Fsp3) is 0.400. The van der Waals surface area contributed by atoms with Crippen LogP contribution in [0.5, 0.6) is 0 Å². The van der Waals surface area contributed by atoms with Gasteiger partial charge in [0, 0.05) is 23.2 Å². The van der Waals surface area contributed by atoms with Crippen LogP contribution in [0.3, 0.4) is 0 Å². The molecule has 0 amide bonds. The topological polar surface area (TPSA) is 95.5 Å². The Morgan fingerprint density at radius 2 is 1.87 bits per heavy atom. The predicted octanol–water partition coefficient (Wildman–Crippen LogP) is 3.50. The van der Waals surface area contributed by atoms with Crippen molar-refractivity contribution in [1.82, 2.24) is 5.32 Å². The van der Waals surface area contributed by atoms with Gasteiger partial charge in [0.2, 0.25) is 0 Å². The van der Waals surface area contributed by atoms with Gasteiger partial charge in [-0.1, -0.05) is 55.0 Å². The number of carboxylic acids is 1. The van der Waals surface area contributed by atoms with Crippen LogP contribution < -0.4 is 10.6 Å². The number of carbonyl (C=O) groups excluding carboxylic acids is 2. The van der Waals surface area contributed by atoms with Gasteiger partial charge in [-0.3, -0.25) is 9.59 Å². The predicted molar refractivity (Wildman–Crippen MR) is 118 cm³/mol. The number of carbonyl (C=O) groups is 3. The molecule has 2 aromatic carbocycles. The van der Waals surface area contributed by atoms with Crippen LogP contribution in [0.25, 0.3) is 0 Å². The number of anilines is 1. The van der Waals surface area contributed by atoms with E-state index in [2.05, 4.69) is 10.6 Å². The minimum atomic E-state index is -1.44. The number of benzene rings is 2. The van der Waals surface area contributed by atoms with Crippen LogP contribution in [0, 0.1) is 11.8 Å². The highest BCUT2D eigenvalue weighted by atomic mass is 16.4. The Labute approximate surface area is 182 Å². The van der Waals surface area contributed by atoms with Gasteiger partial charge in [-0.2, -0.15) is 0 Å². The van der Waals surface area contributed by atoms with E-state index in [0.29, 0.717) is 11.8 Å². The molecule has 162 valence electrons. The molecule has 0 radical (unpaired) electrons. The molecule has 1 heterocycles. The molecular weight excluding hydrogens is 392 g/mol. The molecule has 5 atom stereocenters. The molecule has 0 bridgehead atoms. The number of hydrogen-bond donors (Lipinski definition) is 3. The van der Waals surface area contributed by atoms with Gasteiger partial charge >= 0.3 is 5.97 Å². The van der Waals surface area contributed by atoms with Gasteiger partial charge in [0.1, 0.15) is 11.8 Å². The second-order valence-corrected chi connectivity index (χ2v) is 8.61. The van der Waals surface area contributed by atoms with Crippen molar-refractivity contribution in [2.24, 2.45) is 11.8 Å². The minimum Gasteiger partial charge on any atom is -0.480 e. The van der Waals surface area contributed by atoms with Crippen molar-refractivity contribution in [2.45, 2.75) is 43.2 Å². The first-order valence-electron chi connectivity index (χ1n) is 10.8. The summed E-state index contributed by atoms with van der Waals surface area (Å²) < 4.78 is 0. The van der Waals surface area contributed by atoms with Crippen LogP contribution in [-0.4, -0.2) is 41.8 Å². The van der Waals surface area contributed by atoms with E-state index < -0.39 is 17.4 Å². The number of nitrogens with one attached hydrogen (secondary N) is 2. The highest BCUT2D eigenvalue weighted by Gasteiger charge is 2.55. The second kappa shape index (κ2) is 8.63. The number of rotatable bonds is 8. The summed E-state index contributed by atoms with van der Waals surface area (Å²) in [7, 11) is 1.62. The van der Waals surface area contributed by atoms with Crippen molar-refractivity contribution >= 4 is 23.7 Å². The molecule has 3 N–H and O–H groups in total. The standard InChI is InChI=1S/C25H28N2O4/c1-26-25(24(30)31,14-17(15-28)23(29)16-8-3-2-4-9-16)22-18-10-5-6-12-20(18)27-21-13-7-11-19(21)22/h2-6,8-10,12,15,17,19,21-22,26-27H,7,11,13-14H2,1H3,(H,30,31). The molecule has 2 aromatic rings. The van der Waals surface area contributed by atoms with Crippen LogP contribution in [-0.2, 0) is 9.59 Å². The molecule has 1 fully saturated rings. The third-order valence-electron chi connectivity index (χ3n) is 7.09. The van der Waals surface area contributed by atoms with Gasteiger partial charge in [0.05, 0.1) is 5.92 Å². The molecular formula is C25H28N2O4. The highest BCUT2D eigenvalue weighted by Crippen LogP contribution is 2.51. The van der Waals surface area contributed by atoms with Crippen molar-refractivity contribution in [1.29, 1.82) is 0 Å². The first kappa shape index (κ1) is 21.2. The Morgan fingerprint density at radius 1 is 1.16 bits per heavy atom. The Kier molecular flexibility index (Phi) is 5.92. The number of carboxylic acid groups (broad SMARTS) is 1. The maximum absolute atomic E-state index is 13.1. The summed E-state index contributed by atoms with van der Waals surface area (Å²) in [5.74, 6) is -2.67. The molecule has 6 heteroatoms. The normalized spacial score (nSPS) is 24.7. The molecule has 2 aliphatic rings. The van der Waals surface area contributed by atoms with Gasteiger partial charge < -0.3 is 20.5 Å². The van der Waals surface area contributed by atoms with Crippen molar-refractivity contribution in [3.05, 3.63) is 65.7 Å². The van der Waals surface area contributed by atoms with Crippen molar-refractivity contribution < 1.29 is 19.5 Å². The van der Waals surface area contributed by atoms with E-state index in [4.69, 9.17) is 0 Å². The summed E-state index contributed by atoms with van der Waals surface area (Å²) in [6, 6.07) is 16.6. The summed E-state index contributed by atoms with van der Waals surface area (Å²) in [5, 5.41) is 17.2. The number of likely N-dealkylation sites (N-methyl/N-ethyl adjacent to an activating group) is 1. The zero-order chi connectivity index (χ0) is 22.0. The number of aliphatic carboxylic acids is 1. The number of Topliss-reactive ketones (excluding diaryl/α,β-unsaturated/α-hetero) is 1. The molecule has 1 saturated carbocycles. The van der Waals surface area contributed by atoms with Crippen LogP contribution in [0.15, 0.2) is 54.6 Å². The van der Waals surface area contributed by atoms with Gasteiger partial charge in [-0.25, -0.2) is 0 Å². The number of aldehydes is 1. The summed E-state index contributed by atoms with van der Waals surface area (Å²) in [5.41, 5.74) is 0.841. The molecule has 31 heavy (non-hydrogen) atoms. The average molecular weight is 421 g/mol. The molecule has 0 saturated heterocycles. The SMILES string of the molecule is CNC(CC(C=O)C(=O)c1ccccc1)(C(=O)O)C1c2ccccc2NC2CCCC21. The number of ketones is 1. The molecule has 0 aromatic heterocycles. The van der Waals surface area contributed by atoms with E-state index >= 15 is 0 Å². The van der Waals surface area contributed by atoms with Crippen LogP contribution in [0.1, 0.15) is 47.5 Å². The first-order chi connectivity index (χ1) is 15.0. The highest BCUT2D eigenvalue weighted by molar-refractivity contribution is 6.05. The zero-order valence-electron chi connectivity index (χ0n) is 17.6. The van der Waals surface area contributed by atoms with Crippen molar-refractivity contribution in [3.8, 4) is 0 Å². The van der Waals surface area contributed by atoms with Crippen LogP contribution in [0.2, 0.25) is 0 Å². The fourth-order valence-electron chi connectivity index (χ4n) is 5.61. The average Bonchev–Trinajstić information content (AvgIpc) is 3.27.